The minimum absolute atomic E-state index is 0.0281. The number of benzene rings is 1. The van der Waals surface area contributed by atoms with Gasteiger partial charge in [0.2, 0.25) is 11.8 Å². The first-order valence-electron chi connectivity index (χ1n) is 7.98. The molecule has 0 atom stereocenters. The fourth-order valence-corrected chi connectivity index (χ4v) is 3.71. The van der Waals surface area contributed by atoms with Gasteiger partial charge in [0.15, 0.2) is 0 Å². The van der Waals surface area contributed by atoms with Crippen molar-refractivity contribution in [2.24, 2.45) is 11.7 Å². The summed E-state index contributed by atoms with van der Waals surface area (Å²) in [5.41, 5.74) is 4.90. The summed E-state index contributed by atoms with van der Waals surface area (Å²) >= 11 is 1.03. The molecule has 2 rings (SSSR count). The molecule has 10 heteroatoms. The molecule has 1 aliphatic rings. The Bertz CT molecular complexity index is 731. The van der Waals surface area contributed by atoms with Crippen LogP contribution in [0.3, 0.4) is 0 Å². The predicted molar refractivity (Wildman–Crippen MR) is 93.9 cm³/mol. The molecule has 140 valence electrons. The van der Waals surface area contributed by atoms with Crippen LogP contribution in [0.2, 0.25) is 0 Å². The van der Waals surface area contributed by atoms with Crippen LogP contribution in [0.25, 0.3) is 0 Å². The number of hydrogen-bond donors (Lipinski definition) is 2. The van der Waals surface area contributed by atoms with E-state index in [4.69, 9.17) is 10.8 Å². The molecule has 2 amide bonds. The van der Waals surface area contributed by atoms with Crippen molar-refractivity contribution < 1.29 is 24.4 Å². The molecule has 0 radical (unpaired) electrons. The third-order valence-corrected chi connectivity index (χ3v) is 5.27. The second-order valence-electron chi connectivity index (χ2n) is 6.01. The molecule has 1 heterocycles. The van der Waals surface area contributed by atoms with Gasteiger partial charge in [-0.1, -0.05) is 0 Å². The van der Waals surface area contributed by atoms with Gasteiger partial charge in [0.05, 0.1) is 15.6 Å². The predicted octanol–water partition coefficient (Wildman–Crippen LogP) is 1.50. The molecule has 0 aromatic heterocycles. The van der Waals surface area contributed by atoms with Crippen molar-refractivity contribution in [2.75, 3.05) is 18.8 Å². The fraction of sp³-hybridized carbons (Fsp3) is 0.438. The largest absolute Gasteiger partial charge is 0.481 e. The number of piperidine rings is 1. The topological polar surface area (TPSA) is 144 Å². The summed E-state index contributed by atoms with van der Waals surface area (Å²) in [5.74, 6) is -1.65. The molecule has 3 N–H and O–H groups in total. The van der Waals surface area contributed by atoms with Crippen LogP contribution in [0, 0.1) is 16.0 Å². The Morgan fingerprint density at radius 1 is 1.31 bits per heavy atom. The highest BCUT2D eigenvalue weighted by atomic mass is 32.2. The average molecular weight is 381 g/mol. The molecule has 0 bridgehead atoms. The summed E-state index contributed by atoms with van der Waals surface area (Å²) < 4.78 is 0. The Hall–Kier alpha value is -2.62. The van der Waals surface area contributed by atoms with Crippen molar-refractivity contribution in [3.05, 3.63) is 33.9 Å². The van der Waals surface area contributed by atoms with Crippen molar-refractivity contribution in [2.45, 2.75) is 24.2 Å². The van der Waals surface area contributed by atoms with Gasteiger partial charge in [-0.15, -0.1) is 11.8 Å². The van der Waals surface area contributed by atoms with Crippen LogP contribution in [-0.4, -0.2) is 51.6 Å². The third-order valence-electron chi connectivity index (χ3n) is 4.22. The van der Waals surface area contributed by atoms with E-state index >= 15 is 0 Å². The number of carboxylic acid groups (broad SMARTS) is 1. The zero-order valence-corrected chi connectivity index (χ0v) is 14.7. The lowest BCUT2D eigenvalue weighted by molar-refractivity contribution is -0.387. The lowest BCUT2D eigenvalue weighted by Gasteiger charge is -2.31. The van der Waals surface area contributed by atoms with E-state index in [9.17, 15) is 24.5 Å². The first kappa shape index (κ1) is 19.7. The van der Waals surface area contributed by atoms with Crippen molar-refractivity contribution in [3.8, 4) is 0 Å². The maximum Gasteiger partial charge on any atom is 0.303 e. The van der Waals surface area contributed by atoms with Crippen LogP contribution in [0.4, 0.5) is 5.69 Å². The Morgan fingerprint density at radius 2 is 1.96 bits per heavy atom. The number of likely N-dealkylation sites (tertiary alicyclic amines) is 1. The number of thioether (sulfide) groups is 1. The van der Waals surface area contributed by atoms with Gasteiger partial charge < -0.3 is 15.7 Å². The minimum atomic E-state index is -0.836. The van der Waals surface area contributed by atoms with Crippen LogP contribution in [0.5, 0.6) is 0 Å². The normalized spacial score (nSPS) is 14.8. The number of carbonyl (C=O) groups is 3. The SMILES string of the molecule is NC(=O)c1ccc(SCC(=O)N2CCC(CC(=O)O)CC2)c([N+](=O)[O-])c1. The van der Waals surface area contributed by atoms with E-state index in [-0.39, 0.29) is 40.1 Å². The average Bonchev–Trinajstić information content (AvgIpc) is 2.59. The Morgan fingerprint density at radius 3 is 2.50 bits per heavy atom. The second kappa shape index (κ2) is 8.65. The van der Waals surface area contributed by atoms with Gasteiger partial charge in [-0.05, 0) is 30.9 Å². The van der Waals surface area contributed by atoms with Gasteiger partial charge in [0, 0.05) is 31.1 Å². The molecule has 9 nitrogen and oxygen atoms in total. The van der Waals surface area contributed by atoms with Crippen molar-refractivity contribution in [3.63, 3.8) is 0 Å². The number of rotatable bonds is 7. The summed E-state index contributed by atoms with van der Waals surface area (Å²) in [4.78, 5) is 46.7. The van der Waals surface area contributed by atoms with Gasteiger partial charge in [0.25, 0.3) is 5.69 Å². The maximum absolute atomic E-state index is 12.3. The van der Waals surface area contributed by atoms with Crippen molar-refractivity contribution in [1.82, 2.24) is 4.90 Å². The molecule has 0 unspecified atom stereocenters. The highest BCUT2D eigenvalue weighted by Crippen LogP contribution is 2.30. The van der Waals surface area contributed by atoms with Crippen LogP contribution in [0.1, 0.15) is 29.6 Å². The van der Waals surface area contributed by atoms with Crippen LogP contribution < -0.4 is 5.73 Å². The van der Waals surface area contributed by atoms with E-state index in [1.165, 1.54) is 12.1 Å². The zero-order valence-electron chi connectivity index (χ0n) is 13.9. The molecular formula is C16H19N3O6S. The minimum Gasteiger partial charge on any atom is -0.481 e. The molecule has 0 saturated carbocycles. The highest BCUT2D eigenvalue weighted by Gasteiger charge is 2.25. The van der Waals surface area contributed by atoms with E-state index in [1.54, 1.807) is 4.90 Å². The first-order chi connectivity index (χ1) is 12.3. The van der Waals surface area contributed by atoms with Crippen LogP contribution >= 0.6 is 11.8 Å². The molecule has 26 heavy (non-hydrogen) atoms. The third kappa shape index (κ3) is 5.19. The Kier molecular flexibility index (Phi) is 6.56. The number of carboxylic acids is 1. The molecular weight excluding hydrogens is 362 g/mol. The summed E-state index contributed by atoms with van der Waals surface area (Å²) in [6, 6.07) is 3.90. The summed E-state index contributed by atoms with van der Waals surface area (Å²) in [6.07, 6.45) is 1.38. The van der Waals surface area contributed by atoms with Crippen molar-refractivity contribution in [1.29, 1.82) is 0 Å². The molecule has 0 spiro atoms. The van der Waals surface area contributed by atoms with E-state index in [0.717, 1.165) is 17.8 Å². The Labute approximate surface area is 153 Å². The molecule has 0 aliphatic carbocycles. The Balaban J connectivity index is 1.94. The maximum atomic E-state index is 12.3. The van der Waals surface area contributed by atoms with Gasteiger partial charge in [-0.25, -0.2) is 0 Å². The lowest BCUT2D eigenvalue weighted by Crippen LogP contribution is -2.39. The number of hydrogen-bond acceptors (Lipinski definition) is 6. The van der Waals surface area contributed by atoms with Gasteiger partial charge in [-0.2, -0.15) is 0 Å². The van der Waals surface area contributed by atoms with E-state index in [0.29, 0.717) is 25.9 Å². The number of nitrogens with two attached hydrogens (primary N) is 1. The number of carbonyl (C=O) groups excluding carboxylic acids is 2. The van der Waals surface area contributed by atoms with Gasteiger partial charge in [-0.3, -0.25) is 24.5 Å². The van der Waals surface area contributed by atoms with E-state index in [2.05, 4.69) is 0 Å². The summed E-state index contributed by atoms with van der Waals surface area (Å²) in [7, 11) is 0. The number of nitro groups is 1. The molecule has 1 aromatic carbocycles. The molecule has 1 aliphatic heterocycles. The van der Waals surface area contributed by atoms with Gasteiger partial charge in [0.1, 0.15) is 0 Å². The second-order valence-corrected chi connectivity index (χ2v) is 7.03. The number of aliphatic carboxylic acids is 1. The highest BCUT2D eigenvalue weighted by molar-refractivity contribution is 8.00. The first-order valence-corrected chi connectivity index (χ1v) is 8.97. The smallest absolute Gasteiger partial charge is 0.303 e. The van der Waals surface area contributed by atoms with Gasteiger partial charge >= 0.3 is 5.97 Å². The molecule has 1 fully saturated rings. The van der Waals surface area contributed by atoms with E-state index < -0.39 is 16.8 Å². The molecule has 1 aromatic rings. The lowest BCUT2D eigenvalue weighted by atomic mass is 9.94. The number of primary amides is 1. The fourth-order valence-electron chi connectivity index (χ4n) is 2.80. The van der Waals surface area contributed by atoms with E-state index in [1.807, 2.05) is 0 Å². The summed E-state index contributed by atoms with van der Waals surface area (Å²) in [6.45, 7) is 0.972. The quantitative estimate of drug-likeness (QED) is 0.414. The molecule has 1 saturated heterocycles. The monoisotopic (exact) mass is 381 g/mol. The summed E-state index contributed by atoms with van der Waals surface area (Å²) in [5, 5.41) is 20.0. The zero-order chi connectivity index (χ0) is 19.3. The van der Waals surface area contributed by atoms with Crippen LogP contribution in [-0.2, 0) is 9.59 Å². The standard InChI is InChI=1S/C16H19N3O6S/c17-16(23)11-1-2-13(12(8-11)19(24)25)26-9-14(20)18-5-3-10(4-6-18)7-15(21)22/h1-2,8,10H,3-7,9H2,(H2,17,23)(H,21,22). The number of nitrogens with zero attached hydrogens (tertiary/aromatic N) is 2. The van der Waals surface area contributed by atoms with Crippen molar-refractivity contribution >= 4 is 35.2 Å². The van der Waals surface area contributed by atoms with Crippen LogP contribution in [0.15, 0.2) is 23.1 Å². The number of amides is 2. The number of nitro benzene ring substituents is 1.